The van der Waals surface area contributed by atoms with E-state index in [0.29, 0.717) is 65.2 Å². The third-order valence-corrected chi connectivity index (χ3v) is 9.04. The summed E-state index contributed by atoms with van der Waals surface area (Å²) < 4.78 is 18.1. The summed E-state index contributed by atoms with van der Waals surface area (Å²) in [6.45, 7) is 8.37. The molecule has 1 atom stereocenters. The van der Waals surface area contributed by atoms with Crippen LogP contribution >= 0.6 is 23.2 Å². The first kappa shape index (κ1) is 32.0. The summed E-state index contributed by atoms with van der Waals surface area (Å²) in [5.41, 5.74) is 0.833. The van der Waals surface area contributed by atoms with Crippen molar-refractivity contribution < 1.29 is 19.0 Å². The van der Waals surface area contributed by atoms with Crippen LogP contribution in [0.15, 0.2) is 35.8 Å². The zero-order chi connectivity index (χ0) is 31.2. The second kappa shape index (κ2) is 14.6. The second-order valence-electron chi connectivity index (χ2n) is 11.0. The van der Waals surface area contributed by atoms with E-state index in [0.717, 1.165) is 52.0 Å². The highest BCUT2D eigenvalue weighted by molar-refractivity contribution is 6.41. The number of aromatic nitrogens is 3. The summed E-state index contributed by atoms with van der Waals surface area (Å²) in [6, 6.07) is 3.41. The molecule has 2 fully saturated rings. The number of carbonyl (C=O) groups is 1. The molecule has 0 spiro atoms. The molecule has 2 N–H and O–H groups in total. The molecule has 0 radical (unpaired) electrons. The summed E-state index contributed by atoms with van der Waals surface area (Å²) in [4.78, 5) is 37.6. The van der Waals surface area contributed by atoms with Gasteiger partial charge in [-0.25, -0.2) is 4.98 Å². The quantitative estimate of drug-likeness (QED) is 0.277. The van der Waals surface area contributed by atoms with Crippen LogP contribution in [0, 0.1) is 5.92 Å². The normalized spacial score (nSPS) is 17.5. The fourth-order valence-electron chi connectivity index (χ4n) is 5.75. The Morgan fingerprint density at radius 2 is 1.86 bits per heavy atom. The molecule has 3 aromatic rings. The molecule has 1 aromatic carbocycles. The molecule has 0 bridgehead atoms. The molecule has 2 aliphatic rings. The van der Waals surface area contributed by atoms with Crippen LogP contribution in [0.25, 0.3) is 22.2 Å². The van der Waals surface area contributed by atoms with Gasteiger partial charge < -0.3 is 29.7 Å². The predicted molar refractivity (Wildman–Crippen MR) is 172 cm³/mol. The van der Waals surface area contributed by atoms with Crippen LogP contribution < -0.4 is 25.7 Å². The van der Waals surface area contributed by atoms with Crippen molar-refractivity contribution in [3.05, 3.63) is 51.4 Å². The fraction of sp³-hybridized carbons (Fsp3) is 0.484. The van der Waals surface area contributed by atoms with E-state index < -0.39 is 0 Å². The molecule has 1 amide bonds. The first-order valence-electron chi connectivity index (χ1n) is 14.8. The summed E-state index contributed by atoms with van der Waals surface area (Å²) in [6.07, 6.45) is 6.63. The van der Waals surface area contributed by atoms with Crippen LogP contribution in [-0.2, 0) is 16.1 Å². The number of anilines is 1. The highest BCUT2D eigenvalue weighted by Crippen LogP contribution is 2.45. The topological polar surface area (TPSA) is 120 Å². The predicted octanol–water partition coefficient (Wildman–Crippen LogP) is 4.39. The fourth-order valence-corrected chi connectivity index (χ4v) is 6.46. The Morgan fingerprint density at radius 1 is 1.14 bits per heavy atom. The van der Waals surface area contributed by atoms with Gasteiger partial charge in [0, 0.05) is 75.2 Å². The Bertz CT molecular complexity index is 1540. The average Bonchev–Trinajstić information content (AvgIpc) is 3.55. The summed E-state index contributed by atoms with van der Waals surface area (Å²) in [5.74, 6) is 1.49. The molecule has 2 saturated heterocycles. The van der Waals surface area contributed by atoms with Crippen LogP contribution in [0.2, 0.25) is 10.0 Å². The second-order valence-corrected chi connectivity index (χ2v) is 11.8. The van der Waals surface area contributed by atoms with Gasteiger partial charge >= 0.3 is 0 Å². The third-order valence-electron chi connectivity index (χ3n) is 8.29. The van der Waals surface area contributed by atoms with Crippen molar-refractivity contribution in [1.29, 1.82) is 0 Å². The van der Waals surface area contributed by atoms with E-state index in [-0.39, 0.29) is 27.6 Å². The number of benzene rings is 1. The highest BCUT2D eigenvalue weighted by atomic mass is 35.5. The molecule has 236 valence electrons. The summed E-state index contributed by atoms with van der Waals surface area (Å²) >= 11 is 13.5. The molecular formula is C31H38Cl2N6O5. The molecule has 11 nitrogen and oxygen atoms in total. The number of pyridine rings is 1. The van der Waals surface area contributed by atoms with Crippen molar-refractivity contribution in [2.45, 2.75) is 38.3 Å². The van der Waals surface area contributed by atoms with Gasteiger partial charge in [-0.3, -0.25) is 14.2 Å². The van der Waals surface area contributed by atoms with Gasteiger partial charge in [0.05, 0.1) is 29.8 Å². The minimum Gasteiger partial charge on any atom is -0.495 e. The van der Waals surface area contributed by atoms with Gasteiger partial charge in [0.15, 0.2) is 0 Å². The van der Waals surface area contributed by atoms with E-state index in [1.165, 1.54) is 20.3 Å². The van der Waals surface area contributed by atoms with E-state index in [4.69, 9.17) is 42.4 Å². The molecule has 2 aliphatic heterocycles. The van der Waals surface area contributed by atoms with Crippen molar-refractivity contribution in [2.75, 3.05) is 58.9 Å². The lowest BCUT2D eigenvalue weighted by atomic mass is 10.0. The number of fused-ring (bicyclic) bond motifs is 1. The van der Waals surface area contributed by atoms with Gasteiger partial charge in [-0.15, -0.1) is 0 Å². The van der Waals surface area contributed by atoms with Crippen molar-refractivity contribution in [3.8, 4) is 22.6 Å². The Kier molecular flexibility index (Phi) is 10.6. The maximum atomic E-state index is 14.3. The zero-order valence-corrected chi connectivity index (χ0v) is 26.5. The molecule has 5 rings (SSSR count). The van der Waals surface area contributed by atoms with Gasteiger partial charge in [-0.2, -0.15) is 4.98 Å². The third kappa shape index (κ3) is 7.12. The minimum absolute atomic E-state index is 0.105. The minimum atomic E-state index is -0.294. The lowest BCUT2D eigenvalue weighted by Gasteiger charge is -2.32. The van der Waals surface area contributed by atoms with E-state index in [1.54, 1.807) is 22.9 Å². The Hall–Kier alpha value is -3.38. The lowest BCUT2D eigenvalue weighted by Crippen LogP contribution is -2.45. The monoisotopic (exact) mass is 644 g/mol. The lowest BCUT2D eigenvalue weighted by molar-refractivity contribution is -0.117. The molecule has 2 aromatic heterocycles. The summed E-state index contributed by atoms with van der Waals surface area (Å²) in [7, 11) is 2.98. The number of carbonyl (C=O) groups excluding carboxylic acids is 1. The molecule has 1 unspecified atom stereocenters. The molecule has 44 heavy (non-hydrogen) atoms. The zero-order valence-electron chi connectivity index (χ0n) is 25.0. The number of amides is 1. The van der Waals surface area contributed by atoms with E-state index in [9.17, 15) is 9.59 Å². The number of methoxy groups -OCH3 is 2. The number of hydrogen-bond donors (Lipinski definition) is 2. The van der Waals surface area contributed by atoms with Gasteiger partial charge in [0.2, 0.25) is 11.9 Å². The number of halogens is 2. The molecule has 4 heterocycles. The maximum Gasteiger partial charge on any atom is 0.260 e. The van der Waals surface area contributed by atoms with Gasteiger partial charge in [-0.05, 0) is 43.7 Å². The first-order chi connectivity index (χ1) is 21.3. The average molecular weight is 646 g/mol. The standard InChI is InChI=1S/C31H38Cl2N6O5/c1-4-25(40)36-21-6-10-38(11-7-21)12-13-39-29-20(17-35-31(37-29)34-9-5-19-8-14-44-18-19)15-22(30(39)41)26-27(32)23(42-2)16-24(43-3)28(26)33/h4,15-17,19,21H,1,5-14,18H2,2-3H3,(H,36,40)(H,34,35,37). The largest absolute Gasteiger partial charge is 0.495 e. The van der Waals surface area contributed by atoms with Crippen LogP contribution in [0.4, 0.5) is 5.95 Å². The number of hydrogen-bond acceptors (Lipinski definition) is 9. The van der Waals surface area contributed by atoms with E-state index >= 15 is 0 Å². The van der Waals surface area contributed by atoms with Gasteiger partial charge in [-0.1, -0.05) is 29.8 Å². The van der Waals surface area contributed by atoms with Crippen molar-refractivity contribution >= 4 is 46.1 Å². The molecule has 0 aliphatic carbocycles. The van der Waals surface area contributed by atoms with Crippen LogP contribution in [0.1, 0.15) is 25.7 Å². The molecular weight excluding hydrogens is 607 g/mol. The Morgan fingerprint density at radius 3 is 2.50 bits per heavy atom. The smallest absolute Gasteiger partial charge is 0.260 e. The van der Waals surface area contributed by atoms with Crippen molar-refractivity contribution in [1.82, 2.24) is 24.8 Å². The van der Waals surface area contributed by atoms with E-state index in [2.05, 4.69) is 27.1 Å². The van der Waals surface area contributed by atoms with E-state index in [1.807, 2.05) is 0 Å². The van der Waals surface area contributed by atoms with Gasteiger partial charge in [0.25, 0.3) is 5.56 Å². The number of piperidine rings is 1. The van der Waals surface area contributed by atoms with Crippen molar-refractivity contribution in [3.63, 3.8) is 0 Å². The van der Waals surface area contributed by atoms with Crippen LogP contribution in [0.5, 0.6) is 11.5 Å². The van der Waals surface area contributed by atoms with Crippen molar-refractivity contribution in [2.24, 2.45) is 5.92 Å². The Balaban J connectivity index is 1.47. The molecule has 13 heteroatoms. The van der Waals surface area contributed by atoms with Gasteiger partial charge in [0.1, 0.15) is 17.1 Å². The number of ether oxygens (including phenoxy) is 3. The highest BCUT2D eigenvalue weighted by Gasteiger charge is 2.25. The maximum absolute atomic E-state index is 14.3. The van der Waals surface area contributed by atoms with Crippen LogP contribution in [0.3, 0.4) is 0 Å². The molecule has 0 saturated carbocycles. The number of nitrogens with one attached hydrogen (secondary N) is 2. The Labute approximate surface area is 266 Å². The summed E-state index contributed by atoms with van der Waals surface area (Å²) in [5, 5.41) is 7.37. The number of likely N-dealkylation sites (tertiary alicyclic amines) is 1. The van der Waals surface area contributed by atoms with Crippen LogP contribution in [-0.4, -0.2) is 85.0 Å². The SMILES string of the molecule is C=CC(=O)NC1CCN(CCn2c(=O)c(-c3c(Cl)c(OC)cc(OC)c3Cl)cc3cnc(NCCC4CCOC4)nc32)CC1. The number of rotatable bonds is 12. The first-order valence-corrected chi connectivity index (χ1v) is 15.6. The number of nitrogens with zero attached hydrogens (tertiary/aromatic N) is 4.